The standard InChI is InChI=1S/C15H27N3O/c1-5-14-13(10-18(4)17-14)15-12(6-7-19-15)9-16-8-11(2)3/h10-12,15-16H,5-9H2,1-4H3. The van der Waals surface area contributed by atoms with Crippen LogP contribution in [0.2, 0.25) is 0 Å². The van der Waals surface area contributed by atoms with Crippen molar-refractivity contribution >= 4 is 0 Å². The number of rotatable bonds is 6. The Kier molecular flexibility index (Phi) is 4.99. The molecule has 0 aliphatic carbocycles. The maximum atomic E-state index is 5.97. The number of hydrogen-bond acceptors (Lipinski definition) is 3. The van der Waals surface area contributed by atoms with Crippen LogP contribution in [0.3, 0.4) is 0 Å². The molecule has 2 rings (SSSR count). The van der Waals surface area contributed by atoms with Gasteiger partial charge in [0.15, 0.2) is 0 Å². The van der Waals surface area contributed by atoms with Gasteiger partial charge in [-0.15, -0.1) is 0 Å². The highest BCUT2D eigenvalue weighted by Gasteiger charge is 2.31. The van der Waals surface area contributed by atoms with Crippen molar-refractivity contribution in [3.63, 3.8) is 0 Å². The first kappa shape index (κ1) is 14.5. The first-order chi connectivity index (χ1) is 9.11. The summed E-state index contributed by atoms with van der Waals surface area (Å²) in [5, 5.41) is 8.10. The van der Waals surface area contributed by atoms with Crippen LogP contribution in [-0.2, 0) is 18.2 Å². The Morgan fingerprint density at radius 3 is 3.00 bits per heavy atom. The Labute approximate surface area is 116 Å². The summed E-state index contributed by atoms with van der Waals surface area (Å²) in [7, 11) is 1.99. The molecule has 1 aliphatic heterocycles. The fourth-order valence-electron chi connectivity index (χ4n) is 2.81. The molecule has 1 N–H and O–H groups in total. The third-order valence-electron chi connectivity index (χ3n) is 3.75. The smallest absolute Gasteiger partial charge is 0.0899 e. The predicted molar refractivity (Wildman–Crippen MR) is 77.1 cm³/mol. The number of nitrogens with one attached hydrogen (secondary N) is 1. The van der Waals surface area contributed by atoms with E-state index in [2.05, 4.69) is 37.4 Å². The van der Waals surface area contributed by atoms with Gasteiger partial charge in [-0.3, -0.25) is 4.68 Å². The van der Waals surface area contributed by atoms with Crippen LogP contribution in [-0.4, -0.2) is 29.5 Å². The lowest BCUT2D eigenvalue weighted by molar-refractivity contribution is 0.0896. The lowest BCUT2D eigenvalue weighted by Crippen LogP contribution is -2.28. The van der Waals surface area contributed by atoms with E-state index in [0.29, 0.717) is 11.8 Å². The van der Waals surface area contributed by atoms with Crippen LogP contribution < -0.4 is 5.32 Å². The largest absolute Gasteiger partial charge is 0.373 e. The molecule has 1 aromatic heterocycles. The summed E-state index contributed by atoms with van der Waals surface area (Å²) in [6, 6.07) is 0. The minimum atomic E-state index is 0.225. The Bertz CT molecular complexity index is 400. The summed E-state index contributed by atoms with van der Waals surface area (Å²) < 4.78 is 7.88. The average Bonchev–Trinajstić information content (AvgIpc) is 2.94. The monoisotopic (exact) mass is 265 g/mol. The Hall–Kier alpha value is -0.870. The highest BCUT2D eigenvalue weighted by molar-refractivity contribution is 5.22. The van der Waals surface area contributed by atoms with E-state index in [0.717, 1.165) is 32.5 Å². The van der Waals surface area contributed by atoms with Crippen LogP contribution >= 0.6 is 0 Å². The zero-order valence-electron chi connectivity index (χ0n) is 12.6. The molecule has 4 nitrogen and oxygen atoms in total. The molecule has 0 saturated carbocycles. The lowest BCUT2D eigenvalue weighted by atomic mass is 9.95. The molecule has 2 heterocycles. The van der Waals surface area contributed by atoms with Gasteiger partial charge in [0.2, 0.25) is 0 Å². The van der Waals surface area contributed by atoms with Crippen LogP contribution in [0.15, 0.2) is 6.20 Å². The molecular formula is C15H27N3O. The van der Waals surface area contributed by atoms with E-state index in [9.17, 15) is 0 Å². The molecule has 1 aromatic rings. The van der Waals surface area contributed by atoms with Gasteiger partial charge in [-0.1, -0.05) is 20.8 Å². The molecular weight excluding hydrogens is 238 g/mol. The van der Waals surface area contributed by atoms with E-state index in [1.165, 1.54) is 11.3 Å². The molecule has 2 atom stereocenters. The summed E-state index contributed by atoms with van der Waals surface area (Å²) >= 11 is 0. The number of ether oxygens (including phenoxy) is 1. The fraction of sp³-hybridized carbons (Fsp3) is 0.800. The molecule has 1 aliphatic rings. The molecule has 0 amide bonds. The average molecular weight is 265 g/mol. The van der Waals surface area contributed by atoms with Crippen molar-refractivity contribution in [2.75, 3.05) is 19.7 Å². The van der Waals surface area contributed by atoms with Crippen molar-refractivity contribution in [1.82, 2.24) is 15.1 Å². The number of nitrogens with zero attached hydrogens (tertiary/aromatic N) is 2. The molecule has 108 valence electrons. The summed E-state index contributed by atoms with van der Waals surface area (Å²) in [6.07, 6.45) is 4.48. The van der Waals surface area contributed by atoms with Crippen molar-refractivity contribution in [2.45, 2.75) is 39.7 Å². The molecule has 1 saturated heterocycles. The maximum absolute atomic E-state index is 5.97. The zero-order chi connectivity index (χ0) is 13.8. The van der Waals surface area contributed by atoms with Gasteiger partial charge >= 0.3 is 0 Å². The summed E-state index contributed by atoms with van der Waals surface area (Å²) in [5.41, 5.74) is 2.47. The zero-order valence-corrected chi connectivity index (χ0v) is 12.6. The van der Waals surface area contributed by atoms with Crippen molar-refractivity contribution in [3.8, 4) is 0 Å². The second-order valence-corrected chi connectivity index (χ2v) is 5.95. The van der Waals surface area contributed by atoms with E-state index < -0.39 is 0 Å². The van der Waals surface area contributed by atoms with Crippen molar-refractivity contribution in [2.24, 2.45) is 18.9 Å². The van der Waals surface area contributed by atoms with Crippen molar-refractivity contribution in [3.05, 3.63) is 17.5 Å². The van der Waals surface area contributed by atoms with E-state index in [1.807, 2.05) is 11.7 Å². The van der Waals surface area contributed by atoms with Crippen LogP contribution in [0.5, 0.6) is 0 Å². The van der Waals surface area contributed by atoms with Gasteiger partial charge in [-0.25, -0.2) is 0 Å². The van der Waals surface area contributed by atoms with E-state index >= 15 is 0 Å². The van der Waals surface area contributed by atoms with Crippen LogP contribution in [0.1, 0.15) is 44.6 Å². The van der Waals surface area contributed by atoms with Crippen LogP contribution in [0.25, 0.3) is 0 Å². The quantitative estimate of drug-likeness (QED) is 0.858. The molecule has 0 bridgehead atoms. The predicted octanol–water partition coefficient (Wildman–Crippen LogP) is 2.31. The van der Waals surface area contributed by atoms with Gasteiger partial charge in [0.1, 0.15) is 0 Å². The van der Waals surface area contributed by atoms with E-state index in [-0.39, 0.29) is 6.10 Å². The highest BCUT2D eigenvalue weighted by atomic mass is 16.5. The SMILES string of the molecule is CCc1nn(C)cc1C1OCCC1CNCC(C)C. The normalized spacial score (nSPS) is 23.4. The van der Waals surface area contributed by atoms with Crippen molar-refractivity contribution in [1.29, 1.82) is 0 Å². The van der Waals surface area contributed by atoms with Gasteiger partial charge in [-0.05, 0) is 25.3 Å². The first-order valence-electron chi connectivity index (χ1n) is 7.46. The van der Waals surface area contributed by atoms with Gasteiger partial charge in [-0.2, -0.15) is 5.10 Å². The van der Waals surface area contributed by atoms with Crippen LogP contribution in [0, 0.1) is 11.8 Å². The van der Waals surface area contributed by atoms with E-state index in [4.69, 9.17) is 4.74 Å². The topological polar surface area (TPSA) is 39.1 Å². The van der Waals surface area contributed by atoms with Crippen LogP contribution in [0.4, 0.5) is 0 Å². The third kappa shape index (κ3) is 3.57. The molecule has 4 heteroatoms. The first-order valence-corrected chi connectivity index (χ1v) is 7.46. The molecule has 2 unspecified atom stereocenters. The number of aryl methyl sites for hydroxylation is 2. The molecule has 0 aromatic carbocycles. The number of aromatic nitrogens is 2. The third-order valence-corrected chi connectivity index (χ3v) is 3.75. The minimum Gasteiger partial charge on any atom is -0.373 e. The van der Waals surface area contributed by atoms with E-state index in [1.54, 1.807) is 0 Å². The Balaban J connectivity index is 2.01. The molecule has 0 radical (unpaired) electrons. The fourth-order valence-corrected chi connectivity index (χ4v) is 2.81. The molecule has 19 heavy (non-hydrogen) atoms. The highest BCUT2D eigenvalue weighted by Crippen LogP contribution is 2.35. The Morgan fingerprint density at radius 1 is 1.53 bits per heavy atom. The summed E-state index contributed by atoms with van der Waals surface area (Å²) in [6.45, 7) is 9.64. The van der Waals surface area contributed by atoms with Gasteiger partial charge in [0.05, 0.1) is 11.8 Å². The second kappa shape index (κ2) is 6.53. The summed E-state index contributed by atoms with van der Waals surface area (Å²) in [4.78, 5) is 0. The second-order valence-electron chi connectivity index (χ2n) is 5.95. The van der Waals surface area contributed by atoms with Gasteiger partial charge in [0.25, 0.3) is 0 Å². The Morgan fingerprint density at radius 2 is 2.32 bits per heavy atom. The lowest BCUT2D eigenvalue weighted by Gasteiger charge is -2.19. The van der Waals surface area contributed by atoms with Gasteiger partial charge < -0.3 is 10.1 Å². The number of hydrogen-bond donors (Lipinski definition) is 1. The van der Waals surface area contributed by atoms with Gasteiger partial charge in [0, 0.05) is 37.9 Å². The maximum Gasteiger partial charge on any atom is 0.0899 e. The van der Waals surface area contributed by atoms with Crippen molar-refractivity contribution < 1.29 is 4.74 Å². The molecule has 1 fully saturated rings. The molecule has 0 spiro atoms. The summed E-state index contributed by atoms with van der Waals surface area (Å²) in [5.74, 6) is 1.28. The minimum absolute atomic E-state index is 0.225.